The van der Waals surface area contributed by atoms with Crippen LogP contribution in [0.25, 0.3) is 0 Å². The van der Waals surface area contributed by atoms with Crippen LogP contribution in [-0.4, -0.2) is 49.8 Å². The molecule has 4 atom stereocenters. The molecule has 0 aromatic carbocycles. The first-order valence-electron chi connectivity index (χ1n) is 10.4. The topological polar surface area (TPSA) is 18.8 Å². The summed E-state index contributed by atoms with van der Waals surface area (Å²) in [5.74, 6) is 4.06. The van der Waals surface area contributed by atoms with E-state index in [1.165, 1.54) is 38.4 Å². The first kappa shape index (κ1) is 16.6. The van der Waals surface area contributed by atoms with Crippen molar-refractivity contribution in [3.63, 3.8) is 0 Å². The summed E-state index contributed by atoms with van der Waals surface area (Å²) in [5, 5.41) is 0. The molecule has 2 aliphatic heterocycles. The molecule has 4 unspecified atom stereocenters. The number of hydrogen-bond acceptors (Lipinski definition) is 3. The van der Waals surface area contributed by atoms with Gasteiger partial charge in [-0.3, -0.25) is 4.99 Å². The lowest BCUT2D eigenvalue weighted by Crippen LogP contribution is -2.64. The molecule has 0 spiro atoms. The lowest BCUT2D eigenvalue weighted by molar-refractivity contribution is 0.291. The zero-order chi connectivity index (χ0) is 17.7. The number of aliphatic imine (C=N–C) groups is 1. The fourth-order valence-corrected chi connectivity index (χ4v) is 10.7. The van der Waals surface area contributed by atoms with Crippen LogP contribution in [0, 0.1) is 23.7 Å². The highest BCUT2D eigenvalue weighted by Crippen LogP contribution is 2.58. The van der Waals surface area contributed by atoms with Gasteiger partial charge in [0.15, 0.2) is 14.2 Å². The van der Waals surface area contributed by atoms with Crippen LogP contribution in [0.15, 0.2) is 53.6 Å². The van der Waals surface area contributed by atoms with Crippen molar-refractivity contribution < 1.29 is 0 Å². The molecule has 26 heavy (non-hydrogen) atoms. The van der Waals surface area contributed by atoms with Gasteiger partial charge >= 0.3 is 0 Å². The van der Waals surface area contributed by atoms with Gasteiger partial charge in [0, 0.05) is 26.2 Å². The van der Waals surface area contributed by atoms with E-state index in [2.05, 4.69) is 71.2 Å². The Hall–Kier alpha value is -1.55. The minimum absolute atomic E-state index is 0.678. The second kappa shape index (κ2) is 6.26. The quantitative estimate of drug-likeness (QED) is 0.687. The first-order valence-corrected chi connectivity index (χ1v) is 13.5. The molecule has 4 heteroatoms. The van der Waals surface area contributed by atoms with E-state index < -0.39 is 8.24 Å². The van der Waals surface area contributed by atoms with Gasteiger partial charge in [-0.1, -0.05) is 61.7 Å². The van der Waals surface area contributed by atoms with Crippen molar-refractivity contribution in [3.05, 3.63) is 48.6 Å². The number of hydrogen-bond donors (Lipinski definition) is 0. The molecular formula is C22H31N3Si. The summed E-state index contributed by atoms with van der Waals surface area (Å²) in [6.45, 7) is 9.87. The Labute approximate surface area is 158 Å². The third-order valence-corrected chi connectivity index (χ3v) is 11.6. The largest absolute Gasteiger partial charge is 0.369 e. The van der Waals surface area contributed by atoms with Gasteiger partial charge < -0.3 is 9.47 Å². The fraction of sp³-hybridized carbons (Fsp3) is 0.591. The van der Waals surface area contributed by atoms with Crippen LogP contribution in [0.2, 0.25) is 18.6 Å². The summed E-state index contributed by atoms with van der Waals surface area (Å²) in [4.78, 5) is 7.59. The van der Waals surface area contributed by atoms with Crippen molar-refractivity contribution in [2.24, 2.45) is 28.7 Å². The molecule has 138 valence electrons. The summed E-state index contributed by atoms with van der Waals surface area (Å²) >= 11 is 0. The Balaban J connectivity index is 1.53. The zero-order valence-electron chi connectivity index (χ0n) is 16.1. The Morgan fingerprint density at radius 1 is 0.808 bits per heavy atom. The normalized spacial score (nSPS) is 38.1. The predicted molar refractivity (Wildman–Crippen MR) is 112 cm³/mol. The molecule has 1 saturated heterocycles. The number of nitrogens with zero attached hydrogens (tertiary/aromatic N) is 3. The van der Waals surface area contributed by atoms with E-state index in [0.29, 0.717) is 23.7 Å². The van der Waals surface area contributed by atoms with Gasteiger partial charge in [-0.15, -0.1) is 0 Å². The number of fused-ring (bicyclic) bond motifs is 4. The second-order valence-electron chi connectivity index (χ2n) is 9.06. The van der Waals surface area contributed by atoms with Crippen LogP contribution >= 0.6 is 0 Å². The highest BCUT2D eigenvalue weighted by atomic mass is 28.3. The van der Waals surface area contributed by atoms with Crippen LogP contribution in [0.3, 0.4) is 0 Å². The van der Waals surface area contributed by atoms with Crippen LogP contribution in [0.1, 0.15) is 12.8 Å². The molecule has 0 amide bonds. The van der Waals surface area contributed by atoms with E-state index in [0.717, 1.165) is 12.1 Å². The first-order chi connectivity index (χ1) is 12.7. The lowest BCUT2D eigenvalue weighted by atomic mass is 9.83. The van der Waals surface area contributed by atoms with Crippen molar-refractivity contribution >= 4 is 14.2 Å². The van der Waals surface area contributed by atoms with E-state index in [-0.39, 0.29) is 0 Å². The van der Waals surface area contributed by atoms with Gasteiger partial charge in [-0.05, 0) is 42.1 Å². The van der Waals surface area contributed by atoms with Crippen LogP contribution < -0.4 is 0 Å². The van der Waals surface area contributed by atoms with Gasteiger partial charge in [-0.2, -0.15) is 0 Å². The molecule has 5 rings (SSSR count). The number of rotatable bonds is 2. The maximum Gasteiger partial charge on any atom is 0.188 e. The van der Waals surface area contributed by atoms with Crippen molar-refractivity contribution in [1.82, 2.24) is 9.47 Å². The molecule has 0 N–H and O–H groups in total. The maximum absolute atomic E-state index is 5.02. The molecular weight excluding hydrogens is 334 g/mol. The van der Waals surface area contributed by atoms with Crippen LogP contribution in [-0.2, 0) is 0 Å². The molecule has 0 radical (unpaired) electrons. The van der Waals surface area contributed by atoms with Crippen molar-refractivity contribution in [3.8, 4) is 0 Å². The molecule has 3 nitrogen and oxygen atoms in total. The standard InChI is InChI=1S/C22H31N3Si/c1-26(2,25-16-8-15-24-14-7-13-23-22(24)25)21-19-11-5-3-9-17(19)18-10-4-6-12-20(18)21/h3-6,9-12,17-21H,7-8,13-16H2,1-2H3. The van der Waals surface area contributed by atoms with E-state index >= 15 is 0 Å². The summed E-state index contributed by atoms with van der Waals surface area (Å²) in [7, 11) is -1.70. The molecule has 0 bridgehead atoms. The third-order valence-electron chi connectivity index (χ3n) is 7.40. The Kier molecular flexibility index (Phi) is 4.00. The monoisotopic (exact) mass is 365 g/mol. The highest BCUT2D eigenvalue weighted by molar-refractivity contribution is 6.78. The number of guanidine groups is 1. The molecule has 3 aliphatic carbocycles. The highest BCUT2D eigenvalue weighted by Gasteiger charge is 2.56. The zero-order valence-corrected chi connectivity index (χ0v) is 17.1. The molecule has 2 fully saturated rings. The average molecular weight is 366 g/mol. The Morgan fingerprint density at radius 3 is 2.04 bits per heavy atom. The second-order valence-corrected chi connectivity index (χ2v) is 13.6. The van der Waals surface area contributed by atoms with Gasteiger partial charge in [0.1, 0.15) is 0 Å². The SMILES string of the molecule is C[Si](C)(C1C2C=CC=CC2C2C=CC=CC21)N1CCCN2CCCN=C21. The van der Waals surface area contributed by atoms with E-state index in [1.807, 2.05) is 0 Å². The van der Waals surface area contributed by atoms with Crippen LogP contribution in [0.4, 0.5) is 0 Å². The maximum atomic E-state index is 5.02. The Bertz CT molecular complexity index is 683. The minimum Gasteiger partial charge on any atom is -0.369 e. The summed E-state index contributed by atoms with van der Waals surface area (Å²) in [5.41, 5.74) is 0.754. The van der Waals surface area contributed by atoms with Crippen molar-refractivity contribution in [2.75, 3.05) is 26.2 Å². The van der Waals surface area contributed by atoms with E-state index in [1.54, 1.807) is 0 Å². The lowest BCUT2D eigenvalue weighted by Gasteiger charge is -2.52. The van der Waals surface area contributed by atoms with Crippen LogP contribution in [0.5, 0.6) is 0 Å². The van der Waals surface area contributed by atoms with Crippen molar-refractivity contribution in [2.45, 2.75) is 31.5 Å². The number of allylic oxidation sites excluding steroid dienone is 8. The molecule has 2 heterocycles. The molecule has 5 aliphatic rings. The van der Waals surface area contributed by atoms with Gasteiger partial charge in [0.2, 0.25) is 0 Å². The minimum atomic E-state index is -1.70. The molecule has 0 aromatic rings. The van der Waals surface area contributed by atoms with E-state index in [9.17, 15) is 0 Å². The van der Waals surface area contributed by atoms with Crippen molar-refractivity contribution in [1.29, 1.82) is 0 Å². The van der Waals surface area contributed by atoms with E-state index in [4.69, 9.17) is 4.99 Å². The average Bonchev–Trinajstić information content (AvgIpc) is 3.03. The molecule has 1 saturated carbocycles. The Morgan fingerprint density at radius 2 is 1.38 bits per heavy atom. The van der Waals surface area contributed by atoms with Gasteiger partial charge in [0.25, 0.3) is 0 Å². The third kappa shape index (κ3) is 2.41. The van der Waals surface area contributed by atoms with Gasteiger partial charge in [0.05, 0.1) is 0 Å². The fourth-order valence-electron chi connectivity index (χ4n) is 6.32. The van der Waals surface area contributed by atoms with Gasteiger partial charge in [-0.25, -0.2) is 0 Å². The molecule has 0 aromatic heterocycles. The smallest absolute Gasteiger partial charge is 0.188 e. The summed E-state index contributed by atoms with van der Waals surface area (Å²) in [6.07, 6.45) is 21.7. The summed E-state index contributed by atoms with van der Waals surface area (Å²) in [6, 6.07) is 0. The predicted octanol–water partition coefficient (Wildman–Crippen LogP) is 4.06. The summed E-state index contributed by atoms with van der Waals surface area (Å²) < 4.78 is 2.80.